The Labute approximate surface area is 138 Å². The molecule has 7 heteroatoms. The molecule has 0 saturated carbocycles. The Hall–Kier alpha value is -2.25. The highest BCUT2D eigenvalue weighted by Crippen LogP contribution is 2.23. The average Bonchev–Trinajstić information content (AvgIpc) is 2.59. The number of halogens is 1. The molecule has 1 aromatic carbocycles. The minimum Gasteiger partial charge on any atom is -0.371 e. The number of hydrogen-bond donors (Lipinski definition) is 0. The van der Waals surface area contributed by atoms with Crippen LogP contribution in [0.1, 0.15) is 17.4 Å². The van der Waals surface area contributed by atoms with Crippen LogP contribution < -0.4 is 11.2 Å². The molecule has 0 aliphatic carbocycles. The lowest BCUT2D eigenvalue weighted by molar-refractivity contribution is -0.0336. The van der Waals surface area contributed by atoms with Crippen molar-refractivity contribution in [3.05, 3.63) is 68.2 Å². The summed E-state index contributed by atoms with van der Waals surface area (Å²) in [5.41, 5.74) is 0.944. The van der Waals surface area contributed by atoms with Gasteiger partial charge in [0.25, 0.3) is 5.56 Å². The molecule has 0 radical (unpaired) electrons. The fraction of sp³-hybridized carbons (Fsp3) is 0.412. The molecule has 0 spiro atoms. The van der Waals surface area contributed by atoms with Gasteiger partial charge in [-0.25, -0.2) is 9.18 Å². The molecular formula is C17H20FN3O3. The van der Waals surface area contributed by atoms with Gasteiger partial charge in [0.15, 0.2) is 0 Å². The third-order valence-electron chi connectivity index (χ3n) is 4.40. The maximum atomic E-state index is 13.1. The van der Waals surface area contributed by atoms with E-state index in [4.69, 9.17) is 4.74 Å². The highest BCUT2D eigenvalue weighted by molar-refractivity contribution is 5.19. The molecule has 0 bridgehead atoms. The Kier molecular flexibility index (Phi) is 4.64. The molecule has 1 aliphatic rings. The first-order chi connectivity index (χ1) is 11.5. The van der Waals surface area contributed by atoms with Crippen molar-refractivity contribution in [2.24, 2.45) is 14.1 Å². The fourth-order valence-electron chi connectivity index (χ4n) is 2.88. The Bertz CT molecular complexity index is 842. The van der Waals surface area contributed by atoms with Crippen LogP contribution in [-0.2, 0) is 25.4 Å². The summed E-state index contributed by atoms with van der Waals surface area (Å²) >= 11 is 0. The number of morpholine rings is 1. The van der Waals surface area contributed by atoms with Crippen LogP contribution in [0.15, 0.2) is 39.9 Å². The van der Waals surface area contributed by atoms with Crippen LogP contribution in [0.5, 0.6) is 0 Å². The van der Waals surface area contributed by atoms with E-state index in [1.54, 1.807) is 19.2 Å². The summed E-state index contributed by atoms with van der Waals surface area (Å²) in [6.07, 6.45) is -0.150. The molecule has 128 valence electrons. The second-order valence-corrected chi connectivity index (χ2v) is 6.02. The Balaban J connectivity index is 1.78. The van der Waals surface area contributed by atoms with Gasteiger partial charge < -0.3 is 4.74 Å². The molecule has 1 atom stereocenters. The highest BCUT2D eigenvalue weighted by atomic mass is 19.1. The lowest BCUT2D eigenvalue weighted by Gasteiger charge is -2.33. The van der Waals surface area contributed by atoms with Crippen LogP contribution in [0.4, 0.5) is 4.39 Å². The quantitative estimate of drug-likeness (QED) is 0.834. The summed E-state index contributed by atoms with van der Waals surface area (Å²) in [6.45, 7) is 2.36. The Morgan fingerprint density at radius 2 is 1.88 bits per heavy atom. The summed E-state index contributed by atoms with van der Waals surface area (Å²) in [5, 5.41) is 0. The molecule has 24 heavy (non-hydrogen) atoms. The van der Waals surface area contributed by atoms with E-state index in [1.807, 2.05) is 0 Å². The molecule has 0 amide bonds. The number of ether oxygens (including phenoxy) is 1. The van der Waals surface area contributed by atoms with Gasteiger partial charge in [-0.3, -0.25) is 18.8 Å². The van der Waals surface area contributed by atoms with Gasteiger partial charge in [0.1, 0.15) is 5.82 Å². The van der Waals surface area contributed by atoms with Crippen LogP contribution >= 0.6 is 0 Å². The lowest BCUT2D eigenvalue weighted by atomic mass is 10.1. The second kappa shape index (κ2) is 6.70. The van der Waals surface area contributed by atoms with Crippen molar-refractivity contribution >= 4 is 0 Å². The van der Waals surface area contributed by atoms with Gasteiger partial charge in [-0.05, 0) is 17.7 Å². The van der Waals surface area contributed by atoms with E-state index in [-0.39, 0.29) is 23.2 Å². The SMILES string of the molecule is Cn1c(CN2CCO[C@H](c3ccc(F)cc3)C2)cc(=O)n(C)c1=O. The first-order valence-electron chi connectivity index (χ1n) is 7.81. The number of benzene rings is 1. The summed E-state index contributed by atoms with van der Waals surface area (Å²) < 4.78 is 21.4. The lowest BCUT2D eigenvalue weighted by Crippen LogP contribution is -2.42. The van der Waals surface area contributed by atoms with Crippen molar-refractivity contribution in [3.8, 4) is 0 Å². The van der Waals surface area contributed by atoms with E-state index in [0.717, 1.165) is 10.1 Å². The number of nitrogens with zero attached hydrogens (tertiary/aromatic N) is 3. The zero-order valence-electron chi connectivity index (χ0n) is 13.7. The van der Waals surface area contributed by atoms with Gasteiger partial charge in [0, 0.05) is 45.5 Å². The molecule has 1 aromatic heterocycles. The van der Waals surface area contributed by atoms with Crippen LogP contribution in [0.2, 0.25) is 0 Å². The molecule has 1 saturated heterocycles. The summed E-state index contributed by atoms with van der Waals surface area (Å²) in [7, 11) is 3.13. The maximum Gasteiger partial charge on any atom is 0.330 e. The molecule has 3 rings (SSSR count). The predicted molar refractivity (Wildman–Crippen MR) is 87.3 cm³/mol. The smallest absolute Gasteiger partial charge is 0.330 e. The monoisotopic (exact) mass is 333 g/mol. The minimum atomic E-state index is -0.333. The normalized spacial score (nSPS) is 18.7. The first kappa shape index (κ1) is 16.6. The standard InChI is InChI=1S/C17H20FN3O3/c1-19-14(9-16(22)20(2)17(19)23)10-21-7-8-24-15(11-21)12-3-5-13(18)6-4-12/h3-6,9,15H,7-8,10-11H2,1-2H3/t15-/m0/s1. The molecular weight excluding hydrogens is 313 g/mol. The average molecular weight is 333 g/mol. The second-order valence-electron chi connectivity index (χ2n) is 6.02. The summed E-state index contributed by atoms with van der Waals surface area (Å²) in [4.78, 5) is 26.0. The van der Waals surface area contributed by atoms with Crippen molar-refractivity contribution in [3.63, 3.8) is 0 Å². The Morgan fingerprint density at radius 1 is 1.17 bits per heavy atom. The van der Waals surface area contributed by atoms with Crippen molar-refractivity contribution in [1.29, 1.82) is 0 Å². The maximum absolute atomic E-state index is 13.1. The van der Waals surface area contributed by atoms with Crippen LogP contribution in [0.3, 0.4) is 0 Å². The zero-order chi connectivity index (χ0) is 17.3. The van der Waals surface area contributed by atoms with Gasteiger partial charge >= 0.3 is 5.69 Å². The number of hydrogen-bond acceptors (Lipinski definition) is 4. The number of rotatable bonds is 3. The number of aromatic nitrogens is 2. The summed E-state index contributed by atoms with van der Waals surface area (Å²) in [5.74, 6) is -0.276. The highest BCUT2D eigenvalue weighted by Gasteiger charge is 2.23. The molecule has 1 fully saturated rings. The molecule has 0 unspecified atom stereocenters. The van der Waals surface area contributed by atoms with Crippen molar-refractivity contribution < 1.29 is 9.13 Å². The molecule has 1 aliphatic heterocycles. The third-order valence-corrected chi connectivity index (χ3v) is 4.40. The van der Waals surface area contributed by atoms with E-state index in [2.05, 4.69) is 4.90 Å². The van der Waals surface area contributed by atoms with E-state index >= 15 is 0 Å². The molecule has 2 aromatic rings. The minimum absolute atomic E-state index is 0.150. The molecule has 2 heterocycles. The van der Waals surface area contributed by atoms with Crippen molar-refractivity contribution in [2.45, 2.75) is 12.6 Å². The van der Waals surface area contributed by atoms with Gasteiger partial charge in [-0.15, -0.1) is 0 Å². The largest absolute Gasteiger partial charge is 0.371 e. The van der Waals surface area contributed by atoms with Crippen LogP contribution in [0, 0.1) is 5.82 Å². The van der Waals surface area contributed by atoms with Gasteiger partial charge in [-0.1, -0.05) is 12.1 Å². The molecule has 6 nitrogen and oxygen atoms in total. The van der Waals surface area contributed by atoms with E-state index in [0.29, 0.717) is 31.9 Å². The van der Waals surface area contributed by atoms with Gasteiger partial charge in [-0.2, -0.15) is 0 Å². The van der Waals surface area contributed by atoms with Gasteiger partial charge in [0.05, 0.1) is 12.7 Å². The van der Waals surface area contributed by atoms with Crippen molar-refractivity contribution in [1.82, 2.24) is 14.0 Å². The predicted octanol–water partition coefficient (Wildman–Crippen LogP) is 0.797. The van der Waals surface area contributed by atoms with Crippen LogP contribution in [-0.4, -0.2) is 33.7 Å². The summed E-state index contributed by atoms with van der Waals surface area (Å²) in [6, 6.07) is 7.77. The topological polar surface area (TPSA) is 56.5 Å². The van der Waals surface area contributed by atoms with Crippen molar-refractivity contribution in [2.75, 3.05) is 19.7 Å². The first-order valence-corrected chi connectivity index (χ1v) is 7.81. The van der Waals surface area contributed by atoms with Gasteiger partial charge in [0.2, 0.25) is 0 Å². The zero-order valence-corrected chi connectivity index (χ0v) is 13.7. The van der Waals surface area contributed by atoms with E-state index < -0.39 is 0 Å². The Morgan fingerprint density at radius 3 is 2.58 bits per heavy atom. The molecule has 0 N–H and O–H groups in total. The van der Waals surface area contributed by atoms with Crippen LogP contribution in [0.25, 0.3) is 0 Å². The van der Waals surface area contributed by atoms with E-state index in [9.17, 15) is 14.0 Å². The fourth-order valence-corrected chi connectivity index (χ4v) is 2.88. The third kappa shape index (κ3) is 3.32. The van der Waals surface area contributed by atoms with E-state index in [1.165, 1.54) is 29.8 Å².